The van der Waals surface area contributed by atoms with E-state index in [1.165, 1.54) is 0 Å². The number of carbonyl (C=O) groups is 1. The maximum Gasteiger partial charge on any atom is 0.185 e. The summed E-state index contributed by atoms with van der Waals surface area (Å²) < 4.78 is 1.90. The lowest BCUT2D eigenvalue weighted by molar-refractivity contribution is 0.104. The first-order chi connectivity index (χ1) is 11.3. The van der Waals surface area contributed by atoms with Crippen LogP contribution in [0.3, 0.4) is 0 Å². The van der Waals surface area contributed by atoms with E-state index < -0.39 is 0 Å². The van der Waals surface area contributed by atoms with Crippen molar-refractivity contribution in [2.75, 3.05) is 12.4 Å². The molecule has 0 saturated carbocycles. The molecule has 0 aliphatic rings. The van der Waals surface area contributed by atoms with Crippen molar-refractivity contribution in [3.05, 3.63) is 84.5 Å². The monoisotopic (exact) mass is 303 g/mol. The van der Waals surface area contributed by atoms with Crippen molar-refractivity contribution in [3.63, 3.8) is 0 Å². The number of allylic oxidation sites excluding steroid dienone is 1. The molecule has 0 aliphatic carbocycles. The fraction of sp³-hybridized carbons (Fsp3) is 0.0526. The number of nitrogens with one attached hydrogen (secondary N) is 1. The summed E-state index contributed by atoms with van der Waals surface area (Å²) in [4.78, 5) is 16.2. The Morgan fingerprint density at radius 3 is 2.43 bits per heavy atom. The second-order valence-electron chi connectivity index (χ2n) is 5.09. The molecule has 2 aromatic carbocycles. The van der Waals surface area contributed by atoms with Crippen molar-refractivity contribution in [3.8, 4) is 5.69 Å². The van der Waals surface area contributed by atoms with Crippen molar-refractivity contribution in [2.24, 2.45) is 0 Å². The van der Waals surface area contributed by atoms with Crippen LogP contribution in [0.4, 0.5) is 5.69 Å². The number of rotatable bonds is 5. The van der Waals surface area contributed by atoms with E-state index in [-0.39, 0.29) is 5.78 Å². The van der Waals surface area contributed by atoms with Crippen LogP contribution in [0.1, 0.15) is 15.9 Å². The SMILES string of the molecule is CNc1ccc(/C=C/C(=O)c2ccc(-n3ccnc3)cc2)cc1. The van der Waals surface area contributed by atoms with Crippen LogP contribution in [0.5, 0.6) is 0 Å². The highest BCUT2D eigenvalue weighted by atomic mass is 16.1. The highest BCUT2D eigenvalue weighted by molar-refractivity contribution is 6.06. The number of hydrogen-bond donors (Lipinski definition) is 1. The minimum atomic E-state index is -0.0140. The van der Waals surface area contributed by atoms with Crippen molar-refractivity contribution >= 4 is 17.5 Å². The van der Waals surface area contributed by atoms with E-state index in [9.17, 15) is 4.79 Å². The fourth-order valence-electron chi connectivity index (χ4n) is 2.24. The third-order valence-corrected chi connectivity index (χ3v) is 3.58. The van der Waals surface area contributed by atoms with Gasteiger partial charge >= 0.3 is 0 Å². The smallest absolute Gasteiger partial charge is 0.185 e. The highest BCUT2D eigenvalue weighted by Crippen LogP contribution is 2.12. The number of aromatic nitrogens is 2. The molecule has 0 atom stereocenters. The molecule has 0 amide bonds. The predicted molar refractivity (Wildman–Crippen MR) is 92.9 cm³/mol. The summed E-state index contributed by atoms with van der Waals surface area (Å²) in [7, 11) is 1.88. The van der Waals surface area contributed by atoms with E-state index in [2.05, 4.69) is 10.3 Å². The zero-order valence-electron chi connectivity index (χ0n) is 12.8. The fourth-order valence-corrected chi connectivity index (χ4v) is 2.24. The van der Waals surface area contributed by atoms with E-state index >= 15 is 0 Å². The van der Waals surface area contributed by atoms with E-state index in [0.717, 1.165) is 16.9 Å². The van der Waals surface area contributed by atoms with Crippen LogP contribution in [0, 0.1) is 0 Å². The van der Waals surface area contributed by atoms with Crippen LogP contribution in [0.15, 0.2) is 73.3 Å². The first-order valence-corrected chi connectivity index (χ1v) is 7.35. The zero-order valence-corrected chi connectivity index (χ0v) is 12.8. The summed E-state index contributed by atoms with van der Waals surface area (Å²) in [6.07, 6.45) is 8.74. The molecule has 0 fully saturated rings. The average molecular weight is 303 g/mol. The molecule has 3 aromatic rings. The van der Waals surface area contributed by atoms with Crippen molar-refractivity contribution in [1.82, 2.24) is 9.55 Å². The average Bonchev–Trinajstić information content (AvgIpc) is 3.15. The van der Waals surface area contributed by atoms with Gasteiger partial charge < -0.3 is 9.88 Å². The van der Waals surface area contributed by atoms with E-state index in [1.807, 2.05) is 72.4 Å². The summed E-state index contributed by atoms with van der Waals surface area (Å²) in [5, 5.41) is 3.06. The lowest BCUT2D eigenvalue weighted by Gasteiger charge is -2.03. The van der Waals surface area contributed by atoms with Gasteiger partial charge in [0.05, 0.1) is 6.33 Å². The topological polar surface area (TPSA) is 46.9 Å². The number of ketones is 1. The van der Waals surface area contributed by atoms with Gasteiger partial charge in [-0.2, -0.15) is 0 Å². The van der Waals surface area contributed by atoms with E-state index in [4.69, 9.17) is 0 Å². The Hall–Kier alpha value is -3.14. The molecular weight excluding hydrogens is 286 g/mol. The number of hydrogen-bond acceptors (Lipinski definition) is 3. The summed E-state index contributed by atoms with van der Waals surface area (Å²) in [6, 6.07) is 15.4. The van der Waals surface area contributed by atoms with Gasteiger partial charge in [0.1, 0.15) is 0 Å². The zero-order chi connectivity index (χ0) is 16.1. The molecule has 4 heteroatoms. The second-order valence-corrected chi connectivity index (χ2v) is 5.09. The predicted octanol–water partition coefficient (Wildman–Crippen LogP) is 3.81. The Bertz CT molecular complexity index is 801. The Labute approximate surface area is 135 Å². The molecule has 0 aliphatic heterocycles. The summed E-state index contributed by atoms with van der Waals surface area (Å²) in [5.74, 6) is -0.0140. The third kappa shape index (κ3) is 3.55. The maximum absolute atomic E-state index is 12.2. The van der Waals surface area contributed by atoms with Crippen molar-refractivity contribution in [1.29, 1.82) is 0 Å². The number of anilines is 1. The molecule has 1 aromatic heterocycles. The van der Waals surface area contributed by atoms with Crippen LogP contribution in [0.25, 0.3) is 11.8 Å². The molecule has 0 bridgehead atoms. The van der Waals surface area contributed by atoms with Gasteiger partial charge in [0.25, 0.3) is 0 Å². The van der Waals surface area contributed by atoms with Gasteiger partial charge in [-0.25, -0.2) is 4.98 Å². The van der Waals surface area contributed by atoms with Gasteiger partial charge in [-0.15, -0.1) is 0 Å². The standard InChI is InChI=1S/C19H17N3O/c1-20-17-7-2-15(3-8-17)4-11-19(23)16-5-9-18(10-6-16)22-13-12-21-14-22/h2-14,20H,1H3/b11-4+. The number of benzene rings is 2. The molecule has 0 saturated heterocycles. The summed E-state index contributed by atoms with van der Waals surface area (Å²) >= 11 is 0. The van der Waals surface area contributed by atoms with Gasteiger partial charge in [-0.1, -0.05) is 18.2 Å². The first-order valence-electron chi connectivity index (χ1n) is 7.35. The van der Waals surface area contributed by atoms with Crippen molar-refractivity contribution in [2.45, 2.75) is 0 Å². The molecule has 0 spiro atoms. The summed E-state index contributed by atoms with van der Waals surface area (Å²) in [5.41, 5.74) is 3.68. The largest absolute Gasteiger partial charge is 0.388 e. The molecule has 114 valence electrons. The first kappa shape index (κ1) is 14.8. The Morgan fingerprint density at radius 1 is 1.09 bits per heavy atom. The molecule has 23 heavy (non-hydrogen) atoms. The number of nitrogens with zero attached hydrogens (tertiary/aromatic N) is 2. The quantitative estimate of drug-likeness (QED) is 0.576. The minimum Gasteiger partial charge on any atom is -0.388 e. The third-order valence-electron chi connectivity index (χ3n) is 3.58. The lowest BCUT2D eigenvalue weighted by atomic mass is 10.1. The molecular formula is C19H17N3O. The number of imidazole rings is 1. The van der Waals surface area contributed by atoms with E-state index in [1.54, 1.807) is 18.6 Å². The normalized spacial score (nSPS) is 10.8. The van der Waals surface area contributed by atoms with Crippen LogP contribution < -0.4 is 5.32 Å². The van der Waals surface area contributed by atoms with Crippen LogP contribution >= 0.6 is 0 Å². The van der Waals surface area contributed by atoms with Gasteiger partial charge in [0.2, 0.25) is 0 Å². The van der Waals surface area contributed by atoms with Gasteiger partial charge in [0.15, 0.2) is 5.78 Å². The van der Waals surface area contributed by atoms with Gasteiger partial charge in [0, 0.05) is 36.4 Å². The highest BCUT2D eigenvalue weighted by Gasteiger charge is 2.02. The van der Waals surface area contributed by atoms with Crippen LogP contribution in [-0.2, 0) is 0 Å². The van der Waals surface area contributed by atoms with Crippen LogP contribution in [0.2, 0.25) is 0 Å². The molecule has 4 nitrogen and oxygen atoms in total. The van der Waals surface area contributed by atoms with Gasteiger partial charge in [-0.05, 0) is 48.0 Å². The Balaban J connectivity index is 1.71. The summed E-state index contributed by atoms with van der Waals surface area (Å²) in [6.45, 7) is 0. The van der Waals surface area contributed by atoms with E-state index in [0.29, 0.717) is 5.56 Å². The molecule has 3 rings (SSSR count). The van der Waals surface area contributed by atoms with Crippen LogP contribution in [-0.4, -0.2) is 22.4 Å². The molecule has 0 radical (unpaired) electrons. The van der Waals surface area contributed by atoms with Gasteiger partial charge in [-0.3, -0.25) is 4.79 Å². The maximum atomic E-state index is 12.2. The Morgan fingerprint density at radius 2 is 1.83 bits per heavy atom. The lowest BCUT2D eigenvalue weighted by Crippen LogP contribution is -1.96. The molecule has 1 heterocycles. The minimum absolute atomic E-state index is 0.0140. The molecule has 0 unspecified atom stereocenters. The number of carbonyl (C=O) groups excluding carboxylic acids is 1. The Kier molecular flexibility index (Phi) is 4.34. The second kappa shape index (κ2) is 6.75. The molecule has 1 N–H and O–H groups in total. The van der Waals surface area contributed by atoms with Crippen molar-refractivity contribution < 1.29 is 4.79 Å².